The van der Waals surface area contributed by atoms with Gasteiger partial charge in [0, 0.05) is 0 Å². The second-order valence-corrected chi connectivity index (χ2v) is 3.38. The number of nitrogens with one attached hydrogen (secondary N) is 1. The maximum atomic E-state index is 5.54. The number of hydrogen-bond acceptors (Lipinski definition) is 2. The van der Waals surface area contributed by atoms with Gasteiger partial charge in [-0.15, -0.1) is 0 Å². The number of hydrogen-bond donors (Lipinski definition) is 1. The zero-order chi connectivity index (χ0) is 8.67. The van der Waals surface area contributed by atoms with Gasteiger partial charge in [-0.25, -0.2) is 0 Å². The molecular formula is C10H10N2O. The Kier molecular flexibility index (Phi) is 1.33. The van der Waals surface area contributed by atoms with Crippen molar-refractivity contribution < 1.29 is 4.74 Å². The lowest BCUT2D eigenvalue weighted by molar-refractivity contribution is 0.282. The molecule has 1 heterocycles. The van der Waals surface area contributed by atoms with E-state index in [1.165, 1.54) is 0 Å². The molecule has 1 fully saturated rings. The van der Waals surface area contributed by atoms with Crippen LogP contribution in [0.3, 0.4) is 0 Å². The highest BCUT2D eigenvalue weighted by atomic mass is 16.5. The predicted octanol–water partition coefficient (Wildman–Crippen LogP) is 2.10. The monoisotopic (exact) mass is 174 g/mol. The molecule has 3 heteroatoms. The van der Waals surface area contributed by atoms with Crippen molar-refractivity contribution in [2.75, 3.05) is 0 Å². The van der Waals surface area contributed by atoms with Gasteiger partial charge in [0.2, 0.25) is 0 Å². The highest BCUT2D eigenvalue weighted by Crippen LogP contribution is 2.26. The van der Waals surface area contributed by atoms with Gasteiger partial charge < -0.3 is 9.72 Å². The Morgan fingerprint density at radius 3 is 2.92 bits per heavy atom. The van der Waals surface area contributed by atoms with Gasteiger partial charge >= 0.3 is 0 Å². The molecule has 3 nitrogen and oxygen atoms in total. The first-order valence-electron chi connectivity index (χ1n) is 4.53. The highest BCUT2D eigenvalue weighted by Gasteiger charge is 2.24. The third-order valence-corrected chi connectivity index (χ3v) is 2.17. The lowest BCUT2D eigenvalue weighted by Gasteiger charge is -1.95. The predicted molar refractivity (Wildman–Crippen MR) is 49.7 cm³/mol. The van der Waals surface area contributed by atoms with E-state index in [1.807, 2.05) is 24.3 Å². The summed E-state index contributed by atoms with van der Waals surface area (Å²) < 4.78 is 5.54. The summed E-state index contributed by atoms with van der Waals surface area (Å²) in [5, 5.41) is 0. The Bertz CT molecular complexity index is 398. The summed E-state index contributed by atoms with van der Waals surface area (Å²) in [7, 11) is 0. The minimum absolute atomic E-state index is 0.403. The van der Waals surface area contributed by atoms with Crippen molar-refractivity contribution in [3.8, 4) is 6.01 Å². The number of fused-ring (bicyclic) bond motifs is 1. The zero-order valence-corrected chi connectivity index (χ0v) is 7.16. The number of ether oxygens (including phenoxy) is 1. The van der Waals surface area contributed by atoms with Gasteiger partial charge in [-0.05, 0) is 25.0 Å². The number of benzene rings is 1. The summed E-state index contributed by atoms with van der Waals surface area (Å²) in [6.07, 6.45) is 2.73. The lowest BCUT2D eigenvalue weighted by atomic mass is 10.3. The summed E-state index contributed by atoms with van der Waals surface area (Å²) >= 11 is 0. The van der Waals surface area contributed by atoms with E-state index in [2.05, 4.69) is 9.97 Å². The molecule has 1 aromatic carbocycles. The molecule has 0 saturated heterocycles. The molecular weight excluding hydrogens is 164 g/mol. The van der Waals surface area contributed by atoms with Crippen LogP contribution in [0.1, 0.15) is 12.8 Å². The van der Waals surface area contributed by atoms with E-state index in [1.54, 1.807) is 0 Å². The first-order chi connectivity index (χ1) is 6.42. The van der Waals surface area contributed by atoms with Gasteiger partial charge in [0.1, 0.15) is 6.10 Å². The fourth-order valence-electron chi connectivity index (χ4n) is 1.33. The highest BCUT2D eigenvalue weighted by molar-refractivity contribution is 5.75. The van der Waals surface area contributed by atoms with Crippen molar-refractivity contribution in [3.05, 3.63) is 24.3 Å². The van der Waals surface area contributed by atoms with Crippen molar-refractivity contribution >= 4 is 11.0 Å². The van der Waals surface area contributed by atoms with Crippen molar-refractivity contribution in [1.29, 1.82) is 0 Å². The van der Waals surface area contributed by atoms with Crippen LogP contribution in [0.2, 0.25) is 0 Å². The third kappa shape index (κ3) is 1.26. The van der Waals surface area contributed by atoms with E-state index in [0.29, 0.717) is 12.1 Å². The van der Waals surface area contributed by atoms with E-state index >= 15 is 0 Å². The number of para-hydroxylation sites is 2. The zero-order valence-electron chi connectivity index (χ0n) is 7.16. The summed E-state index contributed by atoms with van der Waals surface area (Å²) in [5.74, 6) is 0. The van der Waals surface area contributed by atoms with Crippen molar-refractivity contribution in [2.24, 2.45) is 0 Å². The molecule has 0 unspecified atom stereocenters. The molecule has 0 amide bonds. The number of nitrogens with zero attached hydrogens (tertiary/aromatic N) is 1. The third-order valence-electron chi connectivity index (χ3n) is 2.17. The minimum Gasteiger partial charge on any atom is -0.461 e. The van der Waals surface area contributed by atoms with Crippen molar-refractivity contribution in [1.82, 2.24) is 9.97 Å². The van der Waals surface area contributed by atoms with Crippen molar-refractivity contribution in [3.63, 3.8) is 0 Å². The molecule has 66 valence electrons. The average Bonchev–Trinajstić information content (AvgIpc) is 2.85. The van der Waals surface area contributed by atoms with Crippen molar-refractivity contribution in [2.45, 2.75) is 18.9 Å². The van der Waals surface area contributed by atoms with Crippen LogP contribution in [0, 0.1) is 0 Å². The van der Waals surface area contributed by atoms with Crippen LogP contribution in [0.15, 0.2) is 24.3 Å². The molecule has 0 bridgehead atoms. The second kappa shape index (κ2) is 2.49. The molecule has 1 aliphatic rings. The van der Waals surface area contributed by atoms with Gasteiger partial charge in [-0.1, -0.05) is 12.1 Å². The van der Waals surface area contributed by atoms with Crippen LogP contribution in [0.25, 0.3) is 11.0 Å². The maximum absolute atomic E-state index is 5.54. The molecule has 0 radical (unpaired) electrons. The Morgan fingerprint density at radius 2 is 2.15 bits per heavy atom. The number of aromatic nitrogens is 2. The Hall–Kier alpha value is -1.51. The number of H-pyrrole nitrogens is 1. The molecule has 2 aromatic rings. The van der Waals surface area contributed by atoms with Crippen LogP contribution < -0.4 is 4.74 Å². The van der Waals surface area contributed by atoms with Crippen LogP contribution in [0.4, 0.5) is 0 Å². The van der Waals surface area contributed by atoms with Gasteiger partial charge in [0.15, 0.2) is 0 Å². The van der Waals surface area contributed by atoms with E-state index in [9.17, 15) is 0 Å². The quantitative estimate of drug-likeness (QED) is 0.757. The van der Waals surface area contributed by atoms with Crippen LogP contribution >= 0.6 is 0 Å². The van der Waals surface area contributed by atoms with Gasteiger partial charge in [-0.2, -0.15) is 4.98 Å². The maximum Gasteiger partial charge on any atom is 0.294 e. The van der Waals surface area contributed by atoms with Gasteiger partial charge in [0.25, 0.3) is 6.01 Å². The molecule has 0 aliphatic heterocycles. The minimum atomic E-state index is 0.403. The standard InChI is InChI=1S/C10H10N2O/c1-2-4-9-8(3-1)11-10(12-9)13-7-5-6-7/h1-4,7H,5-6H2,(H,11,12). The van der Waals surface area contributed by atoms with Crippen LogP contribution in [-0.2, 0) is 0 Å². The molecule has 1 aliphatic carbocycles. The molecule has 1 aromatic heterocycles. The molecule has 13 heavy (non-hydrogen) atoms. The SMILES string of the molecule is c1ccc2[nH]c(OC3CC3)nc2c1. The summed E-state index contributed by atoms with van der Waals surface area (Å²) in [4.78, 5) is 7.45. The van der Waals surface area contributed by atoms with Gasteiger partial charge in [0.05, 0.1) is 11.0 Å². The number of imidazole rings is 1. The van der Waals surface area contributed by atoms with Crippen LogP contribution in [0.5, 0.6) is 6.01 Å². The average molecular weight is 174 g/mol. The summed E-state index contributed by atoms with van der Waals surface area (Å²) in [6.45, 7) is 0. The fourth-order valence-corrected chi connectivity index (χ4v) is 1.33. The smallest absolute Gasteiger partial charge is 0.294 e. The number of aromatic amines is 1. The largest absolute Gasteiger partial charge is 0.461 e. The summed E-state index contributed by atoms with van der Waals surface area (Å²) in [6, 6.07) is 8.60. The Morgan fingerprint density at radius 1 is 1.31 bits per heavy atom. The van der Waals surface area contributed by atoms with E-state index in [-0.39, 0.29) is 0 Å². The topological polar surface area (TPSA) is 37.9 Å². The molecule has 0 spiro atoms. The first kappa shape index (κ1) is 6.95. The van der Waals surface area contributed by atoms with E-state index < -0.39 is 0 Å². The summed E-state index contributed by atoms with van der Waals surface area (Å²) in [5.41, 5.74) is 2.01. The number of rotatable bonds is 2. The Balaban J connectivity index is 2.00. The lowest BCUT2D eigenvalue weighted by Crippen LogP contribution is -1.96. The first-order valence-corrected chi connectivity index (χ1v) is 4.53. The molecule has 1 saturated carbocycles. The van der Waals surface area contributed by atoms with E-state index in [4.69, 9.17) is 4.74 Å². The second-order valence-electron chi connectivity index (χ2n) is 3.38. The fraction of sp³-hybridized carbons (Fsp3) is 0.300. The normalized spacial score (nSPS) is 16.3. The molecule has 0 atom stereocenters. The van der Waals surface area contributed by atoms with Crippen LogP contribution in [-0.4, -0.2) is 16.1 Å². The van der Waals surface area contributed by atoms with Gasteiger partial charge in [-0.3, -0.25) is 0 Å². The molecule has 1 N–H and O–H groups in total. The van der Waals surface area contributed by atoms with E-state index in [0.717, 1.165) is 23.9 Å². The Labute approximate surface area is 75.7 Å². The molecule has 3 rings (SSSR count).